The predicted octanol–water partition coefficient (Wildman–Crippen LogP) is 4.28. The number of nitrogens with zero attached hydrogens (tertiary/aromatic N) is 2. The van der Waals surface area contributed by atoms with Gasteiger partial charge in [0.2, 0.25) is 0 Å². The normalized spacial score (nSPS) is 20.2. The van der Waals surface area contributed by atoms with E-state index in [2.05, 4.69) is 46.4 Å². The minimum atomic E-state index is 0. The third-order valence-electron chi connectivity index (χ3n) is 5.47. The third kappa shape index (κ3) is 6.35. The van der Waals surface area contributed by atoms with Gasteiger partial charge in [-0.05, 0) is 49.3 Å². The maximum absolute atomic E-state index is 6.04. The molecule has 1 aliphatic carbocycles. The smallest absolute Gasteiger partial charge is 0.189 e. The van der Waals surface area contributed by atoms with Gasteiger partial charge in [0.15, 0.2) is 5.96 Å². The van der Waals surface area contributed by atoms with Crippen LogP contribution in [-0.2, 0) is 6.54 Å². The summed E-state index contributed by atoms with van der Waals surface area (Å²) in [6.07, 6.45) is 9.02. The molecular weight excluding hydrogens is 423 g/mol. The SMILES string of the molecule is CC1CCN(c2ccc(CN=C(N)NC3CCCCC3)cc2)CC1.I. The number of benzene rings is 1. The number of rotatable bonds is 4. The zero-order valence-corrected chi connectivity index (χ0v) is 17.7. The van der Waals surface area contributed by atoms with E-state index in [0.29, 0.717) is 18.5 Å². The number of piperidine rings is 1. The Labute approximate surface area is 169 Å². The van der Waals surface area contributed by atoms with E-state index in [1.54, 1.807) is 0 Å². The first kappa shape index (κ1) is 20.3. The van der Waals surface area contributed by atoms with Crippen LogP contribution in [0.4, 0.5) is 5.69 Å². The fraction of sp³-hybridized carbons (Fsp3) is 0.650. The highest BCUT2D eigenvalue weighted by molar-refractivity contribution is 14.0. The van der Waals surface area contributed by atoms with Crippen LogP contribution in [-0.4, -0.2) is 25.1 Å². The van der Waals surface area contributed by atoms with Crippen molar-refractivity contribution in [3.8, 4) is 0 Å². The van der Waals surface area contributed by atoms with Crippen molar-refractivity contribution in [1.29, 1.82) is 0 Å². The molecule has 0 amide bonds. The summed E-state index contributed by atoms with van der Waals surface area (Å²) in [4.78, 5) is 7.00. The fourth-order valence-corrected chi connectivity index (χ4v) is 3.76. The van der Waals surface area contributed by atoms with Gasteiger partial charge in [0, 0.05) is 24.8 Å². The lowest BCUT2D eigenvalue weighted by atomic mass is 9.96. The van der Waals surface area contributed by atoms with E-state index in [0.717, 1.165) is 5.92 Å². The molecule has 0 radical (unpaired) electrons. The molecule has 0 atom stereocenters. The molecule has 3 rings (SSSR count). The molecular formula is C20H33IN4. The quantitative estimate of drug-likeness (QED) is 0.404. The summed E-state index contributed by atoms with van der Waals surface area (Å²) in [6.45, 7) is 5.36. The van der Waals surface area contributed by atoms with Crippen LogP contribution in [0.3, 0.4) is 0 Å². The molecule has 5 heteroatoms. The first-order chi connectivity index (χ1) is 11.7. The molecule has 2 aliphatic rings. The Hall–Kier alpha value is -0.980. The van der Waals surface area contributed by atoms with Gasteiger partial charge in [0.05, 0.1) is 6.54 Å². The lowest BCUT2D eigenvalue weighted by Gasteiger charge is -2.32. The highest BCUT2D eigenvalue weighted by Gasteiger charge is 2.16. The number of hydrogen-bond acceptors (Lipinski definition) is 2. The van der Waals surface area contributed by atoms with Crippen LogP contribution in [0.15, 0.2) is 29.3 Å². The van der Waals surface area contributed by atoms with Gasteiger partial charge in [-0.15, -0.1) is 24.0 Å². The molecule has 1 saturated carbocycles. The molecule has 2 fully saturated rings. The van der Waals surface area contributed by atoms with Crippen LogP contribution in [0, 0.1) is 5.92 Å². The van der Waals surface area contributed by atoms with Crippen LogP contribution < -0.4 is 16.0 Å². The molecule has 0 spiro atoms. The Bertz CT molecular complexity index is 529. The molecule has 0 aromatic heterocycles. The monoisotopic (exact) mass is 456 g/mol. The van der Waals surface area contributed by atoms with Crippen molar-refractivity contribution in [3.63, 3.8) is 0 Å². The number of nitrogens with two attached hydrogens (primary N) is 1. The van der Waals surface area contributed by atoms with Gasteiger partial charge in [-0.1, -0.05) is 38.3 Å². The van der Waals surface area contributed by atoms with Crippen molar-refractivity contribution in [2.45, 2.75) is 64.5 Å². The van der Waals surface area contributed by atoms with Gasteiger partial charge >= 0.3 is 0 Å². The number of guanidine groups is 1. The van der Waals surface area contributed by atoms with Crippen molar-refractivity contribution < 1.29 is 0 Å². The topological polar surface area (TPSA) is 53.6 Å². The van der Waals surface area contributed by atoms with Gasteiger partial charge in [-0.2, -0.15) is 0 Å². The Morgan fingerprint density at radius 2 is 1.72 bits per heavy atom. The van der Waals surface area contributed by atoms with E-state index in [1.807, 2.05) is 0 Å². The van der Waals surface area contributed by atoms with E-state index in [-0.39, 0.29) is 24.0 Å². The van der Waals surface area contributed by atoms with Gasteiger partial charge in [0.1, 0.15) is 0 Å². The largest absolute Gasteiger partial charge is 0.372 e. The summed E-state index contributed by atoms with van der Waals surface area (Å²) >= 11 is 0. The first-order valence-corrected chi connectivity index (χ1v) is 9.61. The van der Waals surface area contributed by atoms with Gasteiger partial charge < -0.3 is 16.0 Å². The standard InChI is InChI=1S/C20H32N4.HI/c1-16-11-13-24(14-12-16)19-9-7-17(8-10-19)15-22-20(21)23-18-5-3-2-4-6-18;/h7-10,16,18H,2-6,11-15H2,1H3,(H3,21,22,23);1H. The Morgan fingerprint density at radius 1 is 1.08 bits per heavy atom. The summed E-state index contributed by atoms with van der Waals surface area (Å²) in [7, 11) is 0. The van der Waals surface area contributed by atoms with Crippen LogP contribution >= 0.6 is 24.0 Å². The zero-order chi connectivity index (χ0) is 16.8. The number of hydrogen-bond donors (Lipinski definition) is 2. The summed E-state index contributed by atoms with van der Waals surface area (Å²) in [5.74, 6) is 1.46. The van der Waals surface area contributed by atoms with Crippen molar-refractivity contribution in [2.75, 3.05) is 18.0 Å². The Kier molecular flexibility index (Phi) is 8.33. The molecule has 25 heavy (non-hydrogen) atoms. The summed E-state index contributed by atoms with van der Waals surface area (Å²) in [5.41, 5.74) is 8.60. The number of nitrogens with one attached hydrogen (secondary N) is 1. The minimum absolute atomic E-state index is 0. The maximum atomic E-state index is 6.04. The average molecular weight is 456 g/mol. The van der Waals surface area contributed by atoms with Crippen LogP contribution in [0.5, 0.6) is 0 Å². The molecule has 1 aliphatic heterocycles. The van der Waals surface area contributed by atoms with Crippen molar-refractivity contribution in [1.82, 2.24) is 5.32 Å². The molecule has 1 saturated heterocycles. The van der Waals surface area contributed by atoms with Crippen molar-refractivity contribution in [3.05, 3.63) is 29.8 Å². The fourth-order valence-electron chi connectivity index (χ4n) is 3.76. The van der Waals surface area contributed by atoms with E-state index in [4.69, 9.17) is 5.73 Å². The average Bonchev–Trinajstić information content (AvgIpc) is 2.62. The molecule has 0 unspecified atom stereocenters. The number of anilines is 1. The maximum Gasteiger partial charge on any atom is 0.189 e. The van der Waals surface area contributed by atoms with E-state index in [1.165, 1.54) is 69.3 Å². The van der Waals surface area contributed by atoms with Crippen molar-refractivity contribution in [2.24, 2.45) is 16.6 Å². The highest BCUT2D eigenvalue weighted by Crippen LogP contribution is 2.23. The first-order valence-electron chi connectivity index (χ1n) is 9.61. The minimum Gasteiger partial charge on any atom is -0.372 e. The highest BCUT2D eigenvalue weighted by atomic mass is 127. The van der Waals surface area contributed by atoms with E-state index < -0.39 is 0 Å². The molecule has 140 valence electrons. The molecule has 3 N–H and O–H groups in total. The summed E-state index contributed by atoms with van der Waals surface area (Å²) < 4.78 is 0. The lowest BCUT2D eigenvalue weighted by Crippen LogP contribution is -2.41. The van der Waals surface area contributed by atoms with Crippen molar-refractivity contribution >= 4 is 35.6 Å². The third-order valence-corrected chi connectivity index (χ3v) is 5.47. The Morgan fingerprint density at radius 3 is 2.36 bits per heavy atom. The zero-order valence-electron chi connectivity index (χ0n) is 15.4. The number of halogens is 1. The number of aliphatic imine (C=N–C) groups is 1. The molecule has 0 bridgehead atoms. The molecule has 4 nitrogen and oxygen atoms in total. The molecule has 1 aromatic rings. The van der Waals surface area contributed by atoms with Gasteiger partial charge in [-0.25, -0.2) is 4.99 Å². The molecule has 1 heterocycles. The second-order valence-electron chi connectivity index (χ2n) is 7.52. The van der Waals surface area contributed by atoms with Crippen LogP contribution in [0.1, 0.15) is 57.4 Å². The second-order valence-corrected chi connectivity index (χ2v) is 7.52. The van der Waals surface area contributed by atoms with Gasteiger partial charge in [0.25, 0.3) is 0 Å². The van der Waals surface area contributed by atoms with Crippen LogP contribution in [0.2, 0.25) is 0 Å². The Balaban J connectivity index is 0.00000225. The lowest BCUT2D eigenvalue weighted by molar-refractivity contribution is 0.412. The summed E-state index contributed by atoms with van der Waals surface area (Å²) in [6, 6.07) is 9.35. The van der Waals surface area contributed by atoms with Crippen LogP contribution in [0.25, 0.3) is 0 Å². The van der Waals surface area contributed by atoms with Gasteiger partial charge in [-0.3, -0.25) is 0 Å². The molecule has 1 aromatic carbocycles. The predicted molar refractivity (Wildman–Crippen MR) is 118 cm³/mol. The second kappa shape index (κ2) is 10.2. The summed E-state index contributed by atoms with van der Waals surface area (Å²) in [5, 5.41) is 3.38. The van der Waals surface area contributed by atoms with E-state index >= 15 is 0 Å². The van der Waals surface area contributed by atoms with E-state index in [9.17, 15) is 0 Å².